The molecular formula is C19H25NO3. The highest BCUT2D eigenvalue weighted by Crippen LogP contribution is 2.54. The quantitative estimate of drug-likeness (QED) is 0.926. The van der Waals surface area contributed by atoms with Gasteiger partial charge in [-0.1, -0.05) is 23.8 Å². The number of carbonyl (C=O) groups excluding carboxylic acids is 1. The van der Waals surface area contributed by atoms with E-state index in [1.54, 1.807) is 0 Å². The molecule has 4 rings (SSSR count). The van der Waals surface area contributed by atoms with Crippen molar-refractivity contribution >= 4 is 5.91 Å². The van der Waals surface area contributed by atoms with Crippen LogP contribution in [0.15, 0.2) is 18.2 Å². The zero-order valence-corrected chi connectivity index (χ0v) is 13.9. The lowest BCUT2D eigenvalue weighted by molar-refractivity contribution is -0.131. The highest BCUT2D eigenvalue weighted by molar-refractivity contribution is 5.79. The fourth-order valence-corrected chi connectivity index (χ4v) is 4.89. The van der Waals surface area contributed by atoms with Gasteiger partial charge in [0, 0.05) is 25.0 Å². The summed E-state index contributed by atoms with van der Waals surface area (Å²) in [5.41, 5.74) is 3.31. The molecule has 2 bridgehead atoms. The second kappa shape index (κ2) is 5.32. The average molecular weight is 315 g/mol. The molecule has 3 heterocycles. The summed E-state index contributed by atoms with van der Waals surface area (Å²) in [6.07, 6.45) is 2.73. The fourth-order valence-electron chi connectivity index (χ4n) is 4.89. The molecule has 124 valence electrons. The Balaban J connectivity index is 1.50. The van der Waals surface area contributed by atoms with E-state index in [2.05, 4.69) is 32.0 Å². The number of likely N-dealkylation sites (tertiary alicyclic amines) is 1. The van der Waals surface area contributed by atoms with Gasteiger partial charge in [0.1, 0.15) is 0 Å². The Morgan fingerprint density at radius 3 is 3.04 bits per heavy atom. The van der Waals surface area contributed by atoms with Gasteiger partial charge in [0.05, 0.1) is 24.7 Å². The van der Waals surface area contributed by atoms with Crippen LogP contribution in [0.25, 0.3) is 0 Å². The summed E-state index contributed by atoms with van der Waals surface area (Å²) in [5.74, 6) is 0.710. The summed E-state index contributed by atoms with van der Waals surface area (Å²) in [7, 11) is 0. The Hall–Kier alpha value is -1.39. The Morgan fingerprint density at radius 1 is 1.43 bits per heavy atom. The molecule has 3 aliphatic rings. The minimum Gasteiger partial charge on any atom is -0.396 e. The van der Waals surface area contributed by atoms with Gasteiger partial charge in [-0.3, -0.25) is 4.79 Å². The van der Waals surface area contributed by atoms with Gasteiger partial charge in [-0.2, -0.15) is 0 Å². The summed E-state index contributed by atoms with van der Waals surface area (Å²) in [6, 6.07) is 6.28. The number of hydrogen-bond acceptors (Lipinski definition) is 3. The normalized spacial score (nSPS) is 34.9. The van der Waals surface area contributed by atoms with Crippen LogP contribution in [0.2, 0.25) is 0 Å². The smallest absolute Gasteiger partial charge is 0.227 e. The molecule has 4 atom stereocenters. The third-order valence-electron chi connectivity index (χ3n) is 6.19. The van der Waals surface area contributed by atoms with Crippen LogP contribution in [0.5, 0.6) is 0 Å². The van der Waals surface area contributed by atoms with Crippen LogP contribution in [0, 0.1) is 25.7 Å². The zero-order chi connectivity index (χ0) is 16.2. The number of rotatable bonds is 3. The summed E-state index contributed by atoms with van der Waals surface area (Å²) >= 11 is 0. The van der Waals surface area contributed by atoms with E-state index in [0.29, 0.717) is 18.9 Å². The molecule has 1 aromatic carbocycles. The van der Waals surface area contributed by atoms with Crippen molar-refractivity contribution in [3.8, 4) is 0 Å². The van der Waals surface area contributed by atoms with Crippen molar-refractivity contribution in [3.63, 3.8) is 0 Å². The van der Waals surface area contributed by atoms with Crippen LogP contribution in [-0.2, 0) is 16.0 Å². The maximum Gasteiger partial charge on any atom is 0.227 e. The van der Waals surface area contributed by atoms with Crippen LogP contribution in [0.3, 0.4) is 0 Å². The Bertz CT molecular complexity index is 644. The molecule has 3 aliphatic heterocycles. The van der Waals surface area contributed by atoms with Crippen LogP contribution in [-0.4, -0.2) is 47.3 Å². The molecule has 3 fully saturated rings. The highest BCUT2D eigenvalue weighted by Gasteiger charge is 2.63. The zero-order valence-electron chi connectivity index (χ0n) is 13.9. The molecule has 0 radical (unpaired) electrons. The number of nitrogens with zero attached hydrogens (tertiary/aromatic N) is 1. The molecule has 3 saturated heterocycles. The van der Waals surface area contributed by atoms with E-state index in [1.165, 1.54) is 11.1 Å². The number of benzene rings is 1. The SMILES string of the molecule is Cc1ccc(C)c(CC(=O)N2C[C@@H]3[C@H](CO)[C@H]4CC[C@]3(C2)O4)c1. The van der Waals surface area contributed by atoms with Gasteiger partial charge in [0.15, 0.2) is 0 Å². The van der Waals surface area contributed by atoms with Crippen molar-refractivity contribution in [2.45, 2.75) is 44.8 Å². The van der Waals surface area contributed by atoms with Crippen LogP contribution < -0.4 is 0 Å². The Morgan fingerprint density at radius 2 is 2.26 bits per heavy atom. The molecule has 1 N–H and O–H groups in total. The minimum atomic E-state index is -0.171. The number of ether oxygens (including phenoxy) is 1. The standard InChI is InChI=1S/C19H25NO3/c1-12-3-4-13(2)14(7-12)8-18(22)20-9-16-15(10-21)17-5-6-19(16,11-20)23-17/h3-4,7,15-17,21H,5-6,8-11H2,1-2H3/t15-,16+,17+,19+/m0/s1. The molecule has 4 nitrogen and oxygen atoms in total. The Kier molecular flexibility index (Phi) is 3.50. The first-order valence-electron chi connectivity index (χ1n) is 8.65. The van der Waals surface area contributed by atoms with Crippen LogP contribution >= 0.6 is 0 Å². The minimum absolute atomic E-state index is 0.171. The number of aliphatic hydroxyl groups excluding tert-OH is 1. The molecule has 0 aromatic heterocycles. The Labute approximate surface area is 137 Å². The van der Waals surface area contributed by atoms with Gasteiger partial charge in [-0.15, -0.1) is 0 Å². The van der Waals surface area contributed by atoms with Gasteiger partial charge in [0.2, 0.25) is 5.91 Å². The average Bonchev–Trinajstić information content (AvgIpc) is 3.17. The molecule has 4 heteroatoms. The van der Waals surface area contributed by atoms with Crippen molar-refractivity contribution in [1.82, 2.24) is 4.90 Å². The molecule has 0 aliphatic carbocycles. The van der Waals surface area contributed by atoms with Crippen LogP contribution in [0.1, 0.15) is 29.5 Å². The van der Waals surface area contributed by atoms with Crippen LogP contribution in [0.4, 0.5) is 0 Å². The summed E-state index contributed by atoms with van der Waals surface area (Å²) in [6.45, 7) is 5.74. The second-order valence-electron chi connectivity index (χ2n) is 7.59. The second-order valence-corrected chi connectivity index (χ2v) is 7.59. The topological polar surface area (TPSA) is 49.8 Å². The predicted molar refractivity (Wildman–Crippen MR) is 87.1 cm³/mol. The molecule has 0 saturated carbocycles. The molecule has 1 aromatic rings. The van der Waals surface area contributed by atoms with Crippen molar-refractivity contribution in [2.75, 3.05) is 19.7 Å². The van der Waals surface area contributed by atoms with Gasteiger partial charge >= 0.3 is 0 Å². The van der Waals surface area contributed by atoms with E-state index in [0.717, 1.165) is 24.9 Å². The molecule has 23 heavy (non-hydrogen) atoms. The highest BCUT2D eigenvalue weighted by atomic mass is 16.5. The largest absolute Gasteiger partial charge is 0.396 e. The lowest BCUT2D eigenvalue weighted by Gasteiger charge is -2.27. The van der Waals surface area contributed by atoms with Gasteiger partial charge in [-0.05, 0) is 37.8 Å². The van der Waals surface area contributed by atoms with Gasteiger partial charge in [0.25, 0.3) is 0 Å². The molecule has 1 amide bonds. The third-order valence-corrected chi connectivity index (χ3v) is 6.19. The first-order valence-corrected chi connectivity index (χ1v) is 8.65. The summed E-state index contributed by atoms with van der Waals surface area (Å²) in [4.78, 5) is 14.8. The van der Waals surface area contributed by atoms with E-state index in [4.69, 9.17) is 4.74 Å². The van der Waals surface area contributed by atoms with E-state index in [1.807, 2.05) is 4.90 Å². The fraction of sp³-hybridized carbons (Fsp3) is 0.632. The molecule has 0 unspecified atom stereocenters. The summed E-state index contributed by atoms with van der Waals surface area (Å²) in [5, 5.41) is 9.68. The predicted octanol–water partition coefficient (Wildman–Crippen LogP) is 1.84. The van der Waals surface area contributed by atoms with Crippen molar-refractivity contribution in [3.05, 3.63) is 34.9 Å². The number of aryl methyl sites for hydroxylation is 2. The maximum atomic E-state index is 12.8. The lowest BCUT2D eigenvalue weighted by atomic mass is 9.74. The number of fused-ring (bicyclic) bond motifs is 1. The summed E-state index contributed by atoms with van der Waals surface area (Å²) < 4.78 is 6.21. The van der Waals surface area contributed by atoms with Crippen molar-refractivity contribution in [2.24, 2.45) is 11.8 Å². The van der Waals surface area contributed by atoms with E-state index < -0.39 is 0 Å². The van der Waals surface area contributed by atoms with Gasteiger partial charge < -0.3 is 14.7 Å². The first-order chi connectivity index (χ1) is 11.0. The lowest BCUT2D eigenvalue weighted by Crippen LogP contribution is -2.38. The van der Waals surface area contributed by atoms with Crippen molar-refractivity contribution < 1.29 is 14.6 Å². The number of aliphatic hydroxyl groups is 1. The number of carbonyl (C=O) groups is 1. The molecule has 1 spiro atoms. The van der Waals surface area contributed by atoms with E-state index >= 15 is 0 Å². The van der Waals surface area contributed by atoms with Gasteiger partial charge in [-0.25, -0.2) is 0 Å². The molecular weight excluding hydrogens is 290 g/mol. The van der Waals surface area contributed by atoms with E-state index in [-0.39, 0.29) is 30.1 Å². The number of hydrogen-bond donors (Lipinski definition) is 1. The maximum absolute atomic E-state index is 12.8. The monoisotopic (exact) mass is 315 g/mol. The first kappa shape index (κ1) is 15.2. The number of amides is 1. The van der Waals surface area contributed by atoms with Crippen molar-refractivity contribution in [1.29, 1.82) is 0 Å². The van der Waals surface area contributed by atoms with E-state index in [9.17, 15) is 9.90 Å². The third kappa shape index (κ3) is 2.31.